The molecule has 0 radical (unpaired) electrons. The third-order valence-corrected chi connectivity index (χ3v) is 16.5. The Balaban J connectivity index is 2.59. The van der Waals surface area contributed by atoms with E-state index in [0.717, 1.165) is 57.8 Å². The summed E-state index contributed by atoms with van der Waals surface area (Å²) in [4.78, 5) is 57.9. The van der Waals surface area contributed by atoms with Gasteiger partial charge in [-0.1, -0.05) is 252 Å². The molecular weight excluding hydrogens is 959 g/mol. The molecule has 0 aromatic carbocycles. The maximum Gasteiger partial charge on any atom is 0.410 e. The van der Waals surface area contributed by atoms with Gasteiger partial charge >= 0.3 is 18.0 Å². The lowest BCUT2D eigenvalue weighted by Crippen LogP contribution is -2.45. The Kier molecular flexibility index (Phi) is 51.2. The predicted octanol–water partition coefficient (Wildman–Crippen LogP) is 18.9. The van der Waals surface area contributed by atoms with E-state index in [-0.39, 0.29) is 30.0 Å². The van der Waals surface area contributed by atoms with Crippen molar-refractivity contribution in [1.29, 1.82) is 0 Å². The van der Waals surface area contributed by atoms with Gasteiger partial charge in [0.2, 0.25) is 5.91 Å². The molecule has 454 valence electrons. The fourth-order valence-corrected chi connectivity index (χ4v) is 11.2. The van der Waals surface area contributed by atoms with Crippen LogP contribution in [-0.2, 0) is 28.6 Å². The Morgan fingerprint density at radius 2 is 0.714 bits per heavy atom. The van der Waals surface area contributed by atoms with Crippen LogP contribution >= 0.6 is 0 Å². The zero-order chi connectivity index (χ0) is 56.1. The molecule has 0 spiro atoms. The van der Waals surface area contributed by atoms with Crippen molar-refractivity contribution >= 4 is 23.9 Å². The van der Waals surface area contributed by atoms with Gasteiger partial charge in [-0.25, -0.2) is 4.79 Å². The monoisotopic (exact) mass is 1090 g/mol. The van der Waals surface area contributed by atoms with Crippen LogP contribution in [0.25, 0.3) is 0 Å². The summed E-state index contributed by atoms with van der Waals surface area (Å²) in [5.74, 6) is 0.975. The van der Waals surface area contributed by atoms with Crippen molar-refractivity contribution in [3.8, 4) is 0 Å². The Labute approximate surface area is 477 Å². The van der Waals surface area contributed by atoms with Crippen LogP contribution in [0.2, 0.25) is 0 Å². The first-order valence-electron chi connectivity index (χ1n) is 33.8. The van der Waals surface area contributed by atoms with E-state index in [2.05, 4.69) is 27.7 Å². The van der Waals surface area contributed by atoms with E-state index in [1.54, 1.807) is 0 Å². The van der Waals surface area contributed by atoms with Crippen LogP contribution in [0.15, 0.2) is 0 Å². The lowest BCUT2D eigenvalue weighted by molar-refractivity contribution is -0.146. The molecule has 0 unspecified atom stereocenters. The summed E-state index contributed by atoms with van der Waals surface area (Å²) in [6, 6.07) is 0. The molecule has 1 rings (SSSR count). The number of carbonyl (C=O) groups excluding carboxylic acids is 4. The summed E-state index contributed by atoms with van der Waals surface area (Å²) in [5, 5.41) is 0. The number of piperidine rings is 1. The quantitative estimate of drug-likeness (QED) is 0.0337. The molecular formula is C67H129N3O7. The zero-order valence-electron chi connectivity index (χ0n) is 52.1. The predicted molar refractivity (Wildman–Crippen MR) is 326 cm³/mol. The number of likely N-dealkylation sites (tertiary alicyclic amines) is 1. The average molecular weight is 1090 g/mol. The lowest BCUT2D eigenvalue weighted by Gasteiger charge is -2.33. The minimum absolute atomic E-state index is 0.0487. The van der Waals surface area contributed by atoms with E-state index in [1.165, 1.54) is 218 Å². The van der Waals surface area contributed by atoms with Gasteiger partial charge in [0.1, 0.15) is 6.10 Å². The van der Waals surface area contributed by atoms with Crippen molar-refractivity contribution in [2.45, 2.75) is 336 Å². The highest BCUT2D eigenvalue weighted by Crippen LogP contribution is 2.24. The number of carbonyl (C=O) groups is 4. The van der Waals surface area contributed by atoms with Gasteiger partial charge in [-0.2, -0.15) is 0 Å². The van der Waals surface area contributed by atoms with Crippen LogP contribution in [0, 0.1) is 11.8 Å². The first kappa shape index (κ1) is 72.7. The first-order valence-corrected chi connectivity index (χ1v) is 33.8. The summed E-state index contributed by atoms with van der Waals surface area (Å²) < 4.78 is 17.9. The maximum absolute atomic E-state index is 13.7. The molecule has 0 N–H and O–H groups in total. The summed E-state index contributed by atoms with van der Waals surface area (Å²) in [6.45, 7) is 13.1. The van der Waals surface area contributed by atoms with Crippen LogP contribution < -0.4 is 0 Å². The number of hydrogen-bond donors (Lipinski definition) is 0. The smallest absolute Gasteiger partial charge is 0.410 e. The minimum atomic E-state index is -0.250. The summed E-state index contributed by atoms with van der Waals surface area (Å²) in [7, 11) is 3.82. The molecule has 10 heteroatoms. The molecule has 0 aliphatic carbocycles. The second kappa shape index (κ2) is 54.2. The van der Waals surface area contributed by atoms with Gasteiger partial charge in [0.25, 0.3) is 0 Å². The van der Waals surface area contributed by atoms with Crippen LogP contribution in [0.4, 0.5) is 4.79 Å². The van der Waals surface area contributed by atoms with Crippen molar-refractivity contribution in [2.24, 2.45) is 11.8 Å². The van der Waals surface area contributed by atoms with Gasteiger partial charge in [0.15, 0.2) is 0 Å². The SMILES string of the molecule is CCCCCCCCCCCC(CCCCCCCCCCC)COC(=O)CCCCCCN(CCCCCCCC(=O)OCC(CCCCCCCC)CCCCCCCC)C(=O)OC1CCN(C(=O)CN(C)C)CC1. The first-order chi connectivity index (χ1) is 37.6. The molecule has 0 saturated carbocycles. The van der Waals surface area contributed by atoms with Crippen LogP contribution in [0.1, 0.15) is 329 Å². The van der Waals surface area contributed by atoms with Gasteiger partial charge in [-0.15, -0.1) is 0 Å². The molecule has 77 heavy (non-hydrogen) atoms. The number of likely N-dealkylation sites (N-methyl/N-ethyl adjacent to an activating group) is 1. The molecule has 1 heterocycles. The van der Waals surface area contributed by atoms with Gasteiger partial charge in [-0.05, 0) is 77.3 Å². The van der Waals surface area contributed by atoms with Crippen LogP contribution in [0.3, 0.4) is 0 Å². The number of amides is 2. The minimum Gasteiger partial charge on any atom is -0.465 e. The molecule has 10 nitrogen and oxygen atoms in total. The van der Waals surface area contributed by atoms with E-state index in [9.17, 15) is 19.2 Å². The van der Waals surface area contributed by atoms with Gasteiger partial charge in [0.05, 0.1) is 19.8 Å². The fraction of sp³-hybridized carbons (Fsp3) is 0.940. The Morgan fingerprint density at radius 3 is 1.04 bits per heavy atom. The van der Waals surface area contributed by atoms with E-state index >= 15 is 0 Å². The fourth-order valence-electron chi connectivity index (χ4n) is 11.2. The number of unbranched alkanes of at least 4 members (excludes halogenated alkanes) is 33. The number of esters is 2. The van der Waals surface area contributed by atoms with Gasteiger partial charge < -0.3 is 28.9 Å². The van der Waals surface area contributed by atoms with E-state index < -0.39 is 0 Å². The van der Waals surface area contributed by atoms with Crippen molar-refractivity contribution in [2.75, 3.05) is 60.0 Å². The molecule has 0 aromatic heterocycles. The van der Waals surface area contributed by atoms with Crippen molar-refractivity contribution in [3.05, 3.63) is 0 Å². The average Bonchev–Trinajstić information content (AvgIpc) is 3.42. The highest BCUT2D eigenvalue weighted by molar-refractivity contribution is 5.78. The van der Waals surface area contributed by atoms with E-state index in [4.69, 9.17) is 14.2 Å². The largest absolute Gasteiger partial charge is 0.465 e. The molecule has 2 amide bonds. The molecule has 1 aliphatic heterocycles. The molecule has 0 bridgehead atoms. The second-order valence-corrected chi connectivity index (χ2v) is 24.3. The Bertz CT molecular complexity index is 1300. The number of rotatable bonds is 56. The number of ether oxygens (including phenoxy) is 3. The van der Waals surface area contributed by atoms with Gasteiger partial charge in [-0.3, -0.25) is 14.4 Å². The molecule has 1 saturated heterocycles. The van der Waals surface area contributed by atoms with Crippen molar-refractivity contribution < 1.29 is 33.4 Å². The van der Waals surface area contributed by atoms with Crippen molar-refractivity contribution in [3.63, 3.8) is 0 Å². The number of nitrogens with zero attached hydrogens (tertiary/aromatic N) is 3. The highest BCUT2D eigenvalue weighted by Gasteiger charge is 2.27. The highest BCUT2D eigenvalue weighted by atomic mass is 16.6. The molecule has 1 aliphatic rings. The van der Waals surface area contributed by atoms with E-state index in [0.29, 0.717) is 83.5 Å². The van der Waals surface area contributed by atoms with Crippen molar-refractivity contribution in [1.82, 2.24) is 14.7 Å². The second-order valence-electron chi connectivity index (χ2n) is 24.3. The van der Waals surface area contributed by atoms with Crippen LogP contribution in [0.5, 0.6) is 0 Å². The third-order valence-electron chi connectivity index (χ3n) is 16.5. The van der Waals surface area contributed by atoms with Gasteiger partial charge in [0, 0.05) is 51.9 Å². The number of hydrogen-bond acceptors (Lipinski definition) is 8. The third kappa shape index (κ3) is 46.0. The lowest BCUT2D eigenvalue weighted by atomic mass is 9.94. The topological polar surface area (TPSA) is 106 Å². The Morgan fingerprint density at radius 1 is 0.416 bits per heavy atom. The summed E-state index contributed by atoms with van der Waals surface area (Å²) in [5.41, 5.74) is 0. The summed E-state index contributed by atoms with van der Waals surface area (Å²) >= 11 is 0. The maximum atomic E-state index is 13.7. The normalized spacial score (nSPS) is 13.1. The van der Waals surface area contributed by atoms with Crippen LogP contribution in [-0.4, -0.2) is 105 Å². The molecule has 1 fully saturated rings. The standard InChI is InChI=1S/C67H129N3O7/c1-7-11-15-19-23-25-27-32-40-48-62(49-41-33-28-26-24-20-16-12-8-2)60-76-66(73)51-43-35-37-45-55-70(67(74)77-63-52-56-69(57-53-63)64(71)58-68(5)6)54-44-36-29-34-42-50-65(72)75-59-61(46-38-30-21-17-13-9-3)47-39-31-22-18-14-10-4/h61-63H,7-60H2,1-6H3. The molecule has 0 atom stereocenters. The van der Waals surface area contributed by atoms with E-state index in [1.807, 2.05) is 28.8 Å². The zero-order valence-corrected chi connectivity index (χ0v) is 52.1. The molecule has 0 aromatic rings. The Hall–Kier alpha value is -2.36. The summed E-state index contributed by atoms with van der Waals surface area (Å²) in [6.07, 6.45) is 54.4.